The van der Waals surface area contributed by atoms with Crippen LogP contribution < -0.4 is 0 Å². The van der Waals surface area contributed by atoms with Crippen LogP contribution in [0.15, 0.2) is 23.1 Å². The second-order valence-corrected chi connectivity index (χ2v) is 7.94. The smallest absolute Gasteiger partial charge is 0.243 e. The van der Waals surface area contributed by atoms with Gasteiger partial charge in [0.2, 0.25) is 10.0 Å². The average Bonchev–Trinajstić information content (AvgIpc) is 3.00. The van der Waals surface area contributed by atoms with Crippen molar-refractivity contribution in [3.8, 4) is 0 Å². The largest absolute Gasteiger partial charge is 0.392 e. The van der Waals surface area contributed by atoms with Gasteiger partial charge in [-0.3, -0.25) is 0 Å². The molecule has 1 saturated heterocycles. The number of nitrogens with zero attached hydrogens (tertiary/aromatic N) is 1. The Kier molecular flexibility index (Phi) is 3.60. The summed E-state index contributed by atoms with van der Waals surface area (Å²) < 4.78 is 27.2. The Labute approximate surface area is 120 Å². The molecule has 1 aliphatic heterocycles. The van der Waals surface area contributed by atoms with E-state index in [1.54, 1.807) is 22.5 Å². The van der Waals surface area contributed by atoms with E-state index in [4.69, 9.17) is 0 Å². The Morgan fingerprint density at radius 1 is 1.25 bits per heavy atom. The zero-order valence-corrected chi connectivity index (χ0v) is 12.6. The zero-order valence-electron chi connectivity index (χ0n) is 11.7. The Morgan fingerprint density at radius 3 is 2.50 bits per heavy atom. The van der Waals surface area contributed by atoms with E-state index in [2.05, 4.69) is 0 Å². The second-order valence-electron chi connectivity index (χ2n) is 6.03. The summed E-state index contributed by atoms with van der Waals surface area (Å²) in [4.78, 5) is 0.351. The van der Waals surface area contributed by atoms with E-state index >= 15 is 0 Å². The van der Waals surface area contributed by atoms with Crippen LogP contribution in [0, 0.1) is 18.8 Å². The van der Waals surface area contributed by atoms with Gasteiger partial charge in [-0.25, -0.2) is 8.42 Å². The minimum absolute atomic E-state index is 0.131. The normalized spacial score (nSPS) is 26.9. The van der Waals surface area contributed by atoms with Crippen LogP contribution in [-0.2, 0) is 16.6 Å². The van der Waals surface area contributed by atoms with Gasteiger partial charge < -0.3 is 5.11 Å². The molecule has 1 saturated carbocycles. The summed E-state index contributed by atoms with van der Waals surface area (Å²) in [5, 5.41) is 9.21. The van der Waals surface area contributed by atoms with E-state index in [-0.39, 0.29) is 6.61 Å². The fourth-order valence-corrected chi connectivity index (χ4v) is 5.38. The summed E-state index contributed by atoms with van der Waals surface area (Å²) in [5.41, 5.74) is 1.40. The van der Waals surface area contributed by atoms with Crippen molar-refractivity contribution in [3.63, 3.8) is 0 Å². The fourth-order valence-electron chi connectivity index (χ4n) is 3.55. The van der Waals surface area contributed by atoms with Crippen molar-refractivity contribution in [2.75, 3.05) is 13.1 Å². The summed E-state index contributed by atoms with van der Waals surface area (Å²) in [6.45, 7) is 3.00. The van der Waals surface area contributed by atoms with Crippen molar-refractivity contribution >= 4 is 10.0 Å². The number of hydrogen-bond acceptors (Lipinski definition) is 3. The van der Waals surface area contributed by atoms with E-state index in [9.17, 15) is 13.5 Å². The maximum atomic E-state index is 12.8. The highest BCUT2D eigenvalue weighted by Gasteiger charge is 2.41. The number of rotatable bonds is 3. The predicted molar refractivity (Wildman–Crippen MR) is 76.7 cm³/mol. The zero-order chi connectivity index (χ0) is 14.3. The molecular weight excluding hydrogens is 274 g/mol. The number of aliphatic hydroxyl groups is 1. The highest BCUT2D eigenvalue weighted by atomic mass is 32.2. The van der Waals surface area contributed by atoms with Crippen LogP contribution >= 0.6 is 0 Å². The lowest BCUT2D eigenvalue weighted by molar-refractivity contribution is 0.281. The standard InChI is InChI=1S/C15H21NO3S/c1-11-5-6-12(10-17)7-15(11)20(18,19)16-8-13-3-2-4-14(13)9-16/h5-7,13-14,17H,2-4,8-10H2,1H3. The summed E-state index contributed by atoms with van der Waals surface area (Å²) in [6.07, 6.45) is 3.56. The van der Waals surface area contributed by atoms with Gasteiger partial charge in [-0.2, -0.15) is 4.31 Å². The van der Waals surface area contributed by atoms with Crippen LogP contribution in [0.4, 0.5) is 0 Å². The highest BCUT2D eigenvalue weighted by Crippen LogP contribution is 2.40. The van der Waals surface area contributed by atoms with E-state index < -0.39 is 10.0 Å². The summed E-state index contributed by atoms with van der Waals surface area (Å²) >= 11 is 0. The maximum Gasteiger partial charge on any atom is 0.243 e. The Morgan fingerprint density at radius 2 is 1.90 bits per heavy atom. The number of sulfonamides is 1. The molecule has 2 fully saturated rings. The SMILES string of the molecule is Cc1ccc(CO)cc1S(=O)(=O)N1CC2CCCC2C1. The lowest BCUT2D eigenvalue weighted by atomic mass is 10.0. The van der Waals surface area contributed by atoms with Crippen molar-refractivity contribution in [2.24, 2.45) is 11.8 Å². The molecule has 0 spiro atoms. The average molecular weight is 295 g/mol. The third kappa shape index (κ3) is 2.28. The number of hydrogen-bond donors (Lipinski definition) is 1. The van der Waals surface area contributed by atoms with Crippen molar-refractivity contribution in [1.29, 1.82) is 0 Å². The molecule has 1 N–H and O–H groups in total. The van der Waals surface area contributed by atoms with E-state index in [1.807, 2.05) is 6.92 Å². The van der Waals surface area contributed by atoms with Crippen LogP contribution in [0.1, 0.15) is 30.4 Å². The van der Waals surface area contributed by atoms with E-state index in [0.29, 0.717) is 35.4 Å². The van der Waals surface area contributed by atoms with Gasteiger partial charge in [-0.05, 0) is 48.8 Å². The molecular formula is C15H21NO3S. The molecule has 1 aliphatic carbocycles. The lowest BCUT2D eigenvalue weighted by Crippen LogP contribution is -2.30. The quantitative estimate of drug-likeness (QED) is 0.926. The molecule has 2 atom stereocenters. The van der Waals surface area contributed by atoms with Gasteiger partial charge in [0.1, 0.15) is 0 Å². The van der Waals surface area contributed by atoms with Crippen LogP contribution in [0.2, 0.25) is 0 Å². The second kappa shape index (κ2) is 5.13. The summed E-state index contributed by atoms with van der Waals surface area (Å²) in [6, 6.07) is 5.15. The summed E-state index contributed by atoms with van der Waals surface area (Å²) in [5.74, 6) is 1.09. The van der Waals surface area contributed by atoms with Gasteiger partial charge in [0.25, 0.3) is 0 Å². The van der Waals surface area contributed by atoms with Crippen LogP contribution in [-0.4, -0.2) is 30.9 Å². The molecule has 0 radical (unpaired) electrons. The minimum atomic E-state index is -3.42. The van der Waals surface area contributed by atoms with Gasteiger partial charge >= 0.3 is 0 Å². The first kappa shape index (κ1) is 14.0. The number of aryl methyl sites for hydroxylation is 1. The van der Waals surface area contributed by atoms with Gasteiger partial charge in [-0.15, -0.1) is 0 Å². The molecule has 20 heavy (non-hydrogen) atoms. The molecule has 0 bridgehead atoms. The van der Waals surface area contributed by atoms with Gasteiger partial charge in [0, 0.05) is 13.1 Å². The third-order valence-electron chi connectivity index (χ3n) is 4.75. The molecule has 1 heterocycles. The lowest BCUT2D eigenvalue weighted by Gasteiger charge is -2.19. The first-order valence-electron chi connectivity index (χ1n) is 7.23. The van der Waals surface area contributed by atoms with Crippen LogP contribution in [0.3, 0.4) is 0 Å². The Balaban J connectivity index is 1.92. The number of fused-ring (bicyclic) bond motifs is 1. The molecule has 4 nitrogen and oxygen atoms in total. The van der Waals surface area contributed by atoms with Crippen molar-refractivity contribution in [2.45, 2.75) is 37.7 Å². The number of aliphatic hydroxyl groups excluding tert-OH is 1. The van der Waals surface area contributed by atoms with Crippen molar-refractivity contribution in [1.82, 2.24) is 4.31 Å². The van der Waals surface area contributed by atoms with Gasteiger partial charge in [-0.1, -0.05) is 18.6 Å². The Hall–Kier alpha value is -0.910. The molecule has 2 aliphatic rings. The molecule has 0 amide bonds. The molecule has 1 aromatic carbocycles. The van der Waals surface area contributed by atoms with Crippen molar-refractivity contribution in [3.05, 3.63) is 29.3 Å². The molecule has 5 heteroatoms. The fraction of sp³-hybridized carbons (Fsp3) is 0.600. The van der Waals surface area contributed by atoms with Gasteiger partial charge in [0.05, 0.1) is 11.5 Å². The predicted octanol–water partition coefficient (Wildman–Crippen LogP) is 1.91. The molecule has 2 unspecified atom stereocenters. The maximum absolute atomic E-state index is 12.8. The van der Waals surface area contributed by atoms with Gasteiger partial charge in [0.15, 0.2) is 0 Å². The molecule has 3 rings (SSSR count). The Bertz CT molecular complexity index is 600. The van der Waals surface area contributed by atoms with E-state index in [1.165, 1.54) is 6.42 Å². The first-order chi connectivity index (χ1) is 9.52. The number of benzene rings is 1. The first-order valence-corrected chi connectivity index (χ1v) is 8.67. The molecule has 1 aromatic rings. The van der Waals surface area contributed by atoms with E-state index in [0.717, 1.165) is 18.4 Å². The van der Waals surface area contributed by atoms with Crippen LogP contribution in [0.25, 0.3) is 0 Å². The minimum Gasteiger partial charge on any atom is -0.392 e. The topological polar surface area (TPSA) is 57.6 Å². The third-order valence-corrected chi connectivity index (χ3v) is 6.72. The van der Waals surface area contributed by atoms with Crippen LogP contribution in [0.5, 0.6) is 0 Å². The molecule has 110 valence electrons. The highest BCUT2D eigenvalue weighted by molar-refractivity contribution is 7.89. The monoisotopic (exact) mass is 295 g/mol. The molecule has 0 aromatic heterocycles. The van der Waals surface area contributed by atoms with Crippen molar-refractivity contribution < 1.29 is 13.5 Å². The summed E-state index contributed by atoms with van der Waals surface area (Å²) in [7, 11) is -3.42.